The van der Waals surface area contributed by atoms with Crippen LogP contribution in [0.25, 0.3) is 0 Å². The number of halogens is 3. The molecular weight excluding hydrogens is 580 g/mol. The topological polar surface area (TPSA) is 66.0 Å². The molecule has 3 atom stereocenters. The second kappa shape index (κ2) is 13.1. The molecule has 2 aromatic rings. The molecule has 2 aliphatic rings. The van der Waals surface area contributed by atoms with Crippen LogP contribution in [0.1, 0.15) is 38.4 Å². The zero-order chi connectivity index (χ0) is 30.8. The second-order valence-electron chi connectivity index (χ2n) is 11.7. The van der Waals surface area contributed by atoms with Crippen LogP contribution in [0.4, 0.5) is 24.7 Å². The number of aromatic amines is 1. The third-order valence-electron chi connectivity index (χ3n) is 8.19. The molecule has 4 rings (SSSR count). The number of hydrogen-bond donors (Lipinski definition) is 2. The van der Waals surface area contributed by atoms with Gasteiger partial charge in [-0.1, -0.05) is 18.7 Å². The third-order valence-corrected chi connectivity index (χ3v) is 10.2. The lowest BCUT2D eigenvalue weighted by Crippen LogP contribution is -2.55. The van der Waals surface area contributed by atoms with Crippen LogP contribution in [0.2, 0.25) is 0 Å². The number of thioether (sulfide) groups is 1. The van der Waals surface area contributed by atoms with Gasteiger partial charge >= 0.3 is 6.18 Å². The summed E-state index contributed by atoms with van der Waals surface area (Å²) in [5.41, 5.74) is 2.45. The van der Waals surface area contributed by atoms with Gasteiger partial charge in [0.25, 0.3) is 0 Å². The molecular formula is C29H44F3N8PS. The van der Waals surface area contributed by atoms with Gasteiger partial charge in [0.1, 0.15) is 23.8 Å². The Hall–Kier alpha value is -2.43. The number of hydrogen-bond acceptors (Lipinski definition) is 8. The molecule has 1 fully saturated rings. The van der Waals surface area contributed by atoms with E-state index in [0.717, 1.165) is 65.3 Å². The maximum atomic E-state index is 13.6. The average molecular weight is 625 g/mol. The number of rotatable bonds is 9. The quantitative estimate of drug-likeness (QED) is 0.345. The number of alkyl halides is 3. The number of nitrogens with one attached hydrogen (secondary N) is 2. The molecule has 3 heterocycles. The van der Waals surface area contributed by atoms with Crippen molar-refractivity contribution in [2.45, 2.75) is 69.9 Å². The van der Waals surface area contributed by atoms with Gasteiger partial charge in [0, 0.05) is 74.2 Å². The Balaban J connectivity index is 1.58. The van der Waals surface area contributed by atoms with E-state index >= 15 is 0 Å². The first-order valence-electron chi connectivity index (χ1n) is 14.3. The van der Waals surface area contributed by atoms with Gasteiger partial charge in [0.05, 0.1) is 0 Å². The Morgan fingerprint density at radius 3 is 2.40 bits per heavy atom. The van der Waals surface area contributed by atoms with Crippen molar-refractivity contribution in [3.63, 3.8) is 0 Å². The number of anilines is 2. The van der Waals surface area contributed by atoms with E-state index < -0.39 is 12.2 Å². The van der Waals surface area contributed by atoms with E-state index in [9.17, 15) is 13.2 Å². The fraction of sp³-hybridized carbons (Fsp3) is 0.586. The highest BCUT2D eigenvalue weighted by Crippen LogP contribution is 2.35. The van der Waals surface area contributed by atoms with E-state index in [0.29, 0.717) is 5.69 Å². The van der Waals surface area contributed by atoms with Crippen LogP contribution in [-0.4, -0.2) is 100 Å². The van der Waals surface area contributed by atoms with Gasteiger partial charge in [-0.05, 0) is 64.0 Å². The minimum atomic E-state index is -4.29. The number of aromatic nitrogens is 2. The minimum Gasteiger partial charge on any atom is -0.363 e. The van der Waals surface area contributed by atoms with Crippen molar-refractivity contribution < 1.29 is 13.2 Å². The average Bonchev–Trinajstić information content (AvgIpc) is 3.34. The van der Waals surface area contributed by atoms with E-state index in [2.05, 4.69) is 59.4 Å². The number of nitrogens with zero attached hydrogens (tertiary/aromatic N) is 6. The summed E-state index contributed by atoms with van der Waals surface area (Å²) in [6, 6.07) is 6.03. The van der Waals surface area contributed by atoms with Gasteiger partial charge in [0.15, 0.2) is 5.17 Å². The predicted molar refractivity (Wildman–Crippen MR) is 171 cm³/mol. The van der Waals surface area contributed by atoms with Gasteiger partial charge in [0.2, 0.25) is 0 Å². The molecule has 8 nitrogen and oxygen atoms in total. The van der Waals surface area contributed by atoms with E-state index in [1.54, 1.807) is 13.0 Å². The van der Waals surface area contributed by atoms with Crippen molar-refractivity contribution in [2.75, 3.05) is 56.7 Å². The molecule has 3 unspecified atom stereocenters. The van der Waals surface area contributed by atoms with E-state index in [1.807, 2.05) is 39.1 Å². The molecule has 0 radical (unpaired) electrons. The lowest BCUT2D eigenvalue weighted by molar-refractivity contribution is -0.148. The number of likely N-dealkylation sites (N-methyl/N-ethyl adjacent to an activating group) is 1. The zero-order valence-corrected chi connectivity index (χ0v) is 27.6. The molecule has 1 aromatic heterocycles. The van der Waals surface area contributed by atoms with E-state index in [-0.39, 0.29) is 18.1 Å². The highest BCUT2D eigenvalue weighted by Gasteiger charge is 2.41. The molecule has 0 aliphatic carbocycles. The summed E-state index contributed by atoms with van der Waals surface area (Å²) in [4.78, 5) is 14.3. The van der Waals surface area contributed by atoms with Crippen molar-refractivity contribution in [1.82, 2.24) is 24.9 Å². The Morgan fingerprint density at radius 1 is 1.17 bits per heavy atom. The van der Waals surface area contributed by atoms with Crippen molar-refractivity contribution in [2.24, 2.45) is 4.99 Å². The van der Waals surface area contributed by atoms with Gasteiger partial charge < -0.3 is 20.0 Å². The highest BCUT2D eigenvalue weighted by atomic mass is 32.2. The van der Waals surface area contributed by atoms with Gasteiger partial charge in [-0.15, -0.1) is 9.24 Å². The molecule has 0 spiro atoms. The molecule has 13 heteroatoms. The van der Waals surface area contributed by atoms with Crippen LogP contribution in [0.3, 0.4) is 0 Å². The lowest BCUT2D eigenvalue weighted by Gasteiger charge is -2.45. The first-order chi connectivity index (χ1) is 19.7. The smallest absolute Gasteiger partial charge is 0.363 e. The summed E-state index contributed by atoms with van der Waals surface area (Å²) in [5.74, 6) is 1.66. The number of piperazine rings is 1. The highest BCUT2D eigenvalue weighted by molar-refractivity contribution is 8.13. The largest absolute Gasteiger partial charge is 0.408 e. The lowest BCUT2D eigenvalue weighted by atomic mass is 10.0. The summed E-state index contributed by atoms with van der Waals surface area (Å²) < 4.78 is 40.8. The monoisotopic (exact) mass is 624 g/mol. The summed E-state index contributed by atoms with van der Waals surface area (Å²) >= 11 is 1.51. The molecule has 1 saturated heterocycles. The number of benzene rings is 1. The Kier molecular flexibility index (Phi) is 10.1. The molecule has 2 aliphatic heterocycles. The molecule has 0 amide bonds. The number of aryl methyl sites for hydroxylation is 2. The van der Waals surface area contributed by atoms with Crippen LogP contribution in [0.5, 0.6) is 0 Å². The Bertz CT molecular complexity index is 1290. The van der Waals surface area contributed by atoms with Crippen LogP contribution in [0.15, 0.2) is 46.1 Å². The molecule has 1 aromatic carbocycles. The van der Waals surface area contributed by atoms with Gasteiger partial charge in [-0.3, -0.25) is 10.00 Å². The number of aliphatic imine (C=N–C) groups is 1. The van der Waals surface area contributed by atoms with Crippen LogP contribution in [0, 0.1) is 13.8 Å². The number of H-pyrrole nitrogens is 1. The summed E-state index contributed by atoms with van der Waals surface area (Å²) in [7, 11) is 6.37. The van der Waals surface area contributed by atoms with Crippen LogP contribution in [-0.2, 0) is 0 Å². The maximum Gasteiger partial charge on any atom is 0.408 e. The minimum absolute atomic E-state index is 0.0142. The zero-order valence-electron chi connectivity index (χ0n) is 25.6. The summed E-state index contributed by atoms with van der Waals surface area (Å²) in [6.45, 7) is 13.6. The second-order valence-corrected chi connectivity index (χ2v) is 13.1. The fourth-order valence-electron chi connectivity index (χ4n) is 5.39. The van der Waals surface area contributed by atoms with Crippen LogP contribution >= 0.6 is 21.0 Å². The summed E-state index contributed by atoms with van der Waals surface area (Å²) in [6.07, 6.45) is -1.35. The first-order valence-corrected chi connectivity index (χ1v) is 16.0. The standard InChI is InChI=1S/C29H44F3N8PS/c1-8-23(29(30,31)32)37(6)22-10-9-21(15-19(22)2)42-27-34-26(39-11-13-40(14-12-39)28(4,5)18-41)17-25(38(27)7)33-24-16-20(3)35-36-24/h9-10,15-17,23,25H,8,11-14,18,41H2,1-7H3,(H2,33,35,36). The molecule has 0 bridgehead atoms. The van der Waals surface area contributed by atoms with Gasteiger partial charge in [-0.2, -0.15) is 18.3 Å². The van der Waals surface area contributed by atoms with E-state index in [4.69, 9.17) is 4.99 Å². The molecule has 42 heavy (non-hydrogen) atoms. The third kappa shape index (κ3) is 7.37. The SMILES string of the molecule is CCC(N(C)c1ccc(SC2=NC(N3CCN(C(C)(C)CP)CC3)=CC(Nc3cc(C)[nH]n3)N2C)cc1C)C(F)(F)F. The molecule has 2 N–H and O–H groups in total. The number of amidine groups is 1. The van der Waals surface area contributed by atoms with E-state index in [1.165, 1.54) is 23.7 Å². The first kappa shape index (κ1) is 32.5. The Morgan fingerprint density at radius 2 is 1.86 bits per heavy atom. The normalized spacial score (nSPS) is 19.5. The molecule has 0 saturated carbocycles. The van der Waals surface area contributed by atoms with Crippen molar-refractivity contribution in [3.05, 3.63) is 47.4 Å². The maximum absolute atomic E-state index is 13.6. The Labute approximate surface area is 254 Å². The summed E-state index contributed by atoms with van der Waals surface area (Å²) in [5, 5.41) is 11.7. The van der Waals surface area contributed by atoms with Gasteiger partial charge in [-0.25, -0.2) is 4.99 Å². The molecule has 232 valence electrons. The fourth-order valence-corrected chi connectivity index (χ4v) is 6.63. The van der Waals surface area contributed by atoms with Crippen molar-refractivity contribution >= 4 is 37.7 Å². The predicted octanol–water partition coefficient (Wildman–Crippen LogP) is 5.75. The van der Waals surface area contributed by atoms with Crippen molar-refractivity contribution in [1.29, 1.82) is 0 Å². The van der Waals surface area contributed by atoms with Crippen molar-refractivity contribution in [3.8, 4) is 0 Å². The van der Waals surface area contributed by atoms with Crippen LogP contribution < -0.4 is 10.2 Å².